The smallest absolute Gasteiger partial charge is 0.245 e. The van der Waals surface area contributed by atoms with Crippen molar-refractivity contribution in [3.63, 3.8) is 0 Å². The van der Waals surface area contributed by atoms with E-state index in [2.05, 4.69) is 42.5 Å². The first-order chi connectivity index (χ1) is 31.0. The van der Waals surface area contributed by atoms with Crippen LogP contribution < -0.4 is 59.7 Å². The van der Waals surface area contributed by atoms with Crippen molar-refractivity contribution >= 4 is 47.6 Å². The van der Waals surface area contributed by atoms with Crippen molar-refractivity contribution in [2.75, 3.05) is 32.7 Å². The highest BCUT2D eigenvalue weighted by Crippen LogP contribution is 2.17. The maximum atomic E-state index is 14.3. The Bertz CT molecular complexity index is 1890. The van der Waals surface area contributed by atoms with Crippen molar-refractivity contribution in [3.05, 3.63) is 71.8 Å². The van der Waals surface area contributed by atoms with E-state index in [0.29, 0.717) is 17.4 Å². The fraction of sp³-hybridized carbons (Fsp3) is 0.556. The zero-order chi connectivity index (χ0) is 48.1. The molecule has 0 spiro atoms. The summed E-state index contributed by atoms with van der Waals surface area (Å²) in [6.45, 7) is 5.94. The van der Waals surface area contributed by atoms with Crippen LogP contribution in [0.1, 0.15) is 76.8 Å². The number of hydrogen-bond donors (Lipinski definition) is 12. The molecule has 0 saturated carbocycles. The van der Waals surface area contributed by atoms with Gasteiger partial charge in [0.1, 0.15) is 42.0 Å². The lowest BCUT2D eigenvalue weighted by molar-refractivity contribution is -0.135. The molecule has 1 heterocycles. The Morgan fingerprint density at radius 1 is 0.723 bits per heavy atom. The van der Waals surface area contributed by atoms with Gasteiger partial charge in [-0.2, -0.15) is 0 Å². The molecule has 1 aliphatic rings. The second-order valence-electron chi connectivity index (χ2n) is 16.9. The van der Waals surface area contributed by atoms with Crippen LogP contribution in [0.4, 0.5) is 0 Å². The number of amides is 7. The summed E-state index contributed by atoms with van der Waals surface area (Å²) in [4.78, 5) is 111. The number of rotatable bonds is 15. The Balaban J connectivity index is 2.14. The van der Waals surface area contributed by atoms with E-state index in [9.17, 15) is 43.5 Å². The quantitative estimate of drug-likeness (QED) is 0.0822. The van der Waals surface area contributed by atoms with E-state index in [1.165, 1.54) is 6.92 Å². The predicted molar refractivity (Wildman–Crippen MR) is 243 cm³/mol. The maximum Gasteiger partial charge on any atom is 0.245 e. The number of nitrogens with two attached hydrogens (primary N) is 3. The first kappa shape index (κ1) is 53.5. The number of hydrogen-bond acceptors (Lipinski definition) is 13. The molecule has 0 radical (unpaired) electrons. The molecule has 0 unspecified atom stereocenters. The van der Waals surface area contributed by atoms with Crippen LogP contribution in [-0.4, -0.2) is 133 Å². The summed E-state index contributed by atoms with van der Waals surface area (Å²) < 4.78 is 0. The molecule has 9 atom stereocenters. The van der Waals surface area contributed by atoms with Crippen LogP contribution in [0.15, 0.2) is 60.7 Å². The standard InChI is InChI=1S/C45H69N11O9/c1-27(2)23-36-42(63)53-32(15-19-46)39(60)52-33(16-20-47)41(62)55-37(29(4)58)44(65)49-22-18-35(51-38(59)28(3)31-13-9-6-10-14-31)40(61)54-34(17-21-48)43(64)56-45(26-57,25-50-36)24-30-11-7-5-8-12-30/h5-14,26-29,32-37,50,58H,15-25,46-48H2,1-4H3,(H,49,65)(H,51,59)(H,52,60)(H,53,63)(H,54,61)(H,55,62)(H,56,64)/t28-,29-,32+,33+,34+,35+,36+,37+,45-/m1/s1. The number of benzene rings is 2. The number of nitrogens with one attached hydrogen (secondary N) is 8. The molecule has 0 bridgehead atoms. The van der Waals surface area contributed by atoms with E-state index in [1.54, 1.807) is 67.6 Å². The van der Waals surface area contributed by atoms with Crippen molar-refractivity contribution in [2.45, 2.75) is 120 Å². The Kier molecular flexibility index (Phi) is 22.1. The van der Waals surface area contributed by atoms with Crippen LogP contribution in [0.3, 0.4) is 0 Å². The van der Waals surface area contributed by atoms with Crippen LogP contribution in [0, 0.1) is 5.92 Å². The first-order valence-corrected chi connectivity index (χ1v) is 22.2. The van der Waals surface area contributed by atoms with Crippen LogP contribution in [0.25, 0.3) is 0 Å². The van der Waals surface area contributed by atoms with E-state index in [4.69, 9.17) is 17.2 Å². The van der Waals surface area contributed by atoms with Gasteiger partial charge in [0.2, 0.25) is 41.4 Å². The van der Waals surface area contributed by atoms with E-state index in [-0.39, 0.29) is 77.2 Å². The van der Waals surface area contributed by atoms with Gasteiger partial charge in [0.15, 0.2) is 0 Å². The lowest BCUT2D eigenvalue weighted by Gasteiger charge is -2.34. The molecule has 2 aromatic rings. The fourth-order valence-electron chi connectivity index (χ4n) is 7.31. The molecule has 1 fully saturated rings. The van der Waals surface area contributed by atoms with Crippen LogP contribution in [-0.2, 0) is 44.8 Å². The van der Waals surface area contributed by atoms with Gasteiger partial charge in [-0.15, -0.1) is 0 Å². The molecular formula is C45H69N11O9. The second-order valence-corrected chi connectivity index (χ2v) is 16.9. The minimum absolute atomic E-state index is 0.0346. The highest BCUT2D eigenvalue weighted by atomic mass is 16.3. The molecular weight excluding hydrogens is 839 g/mol. The summed E-state index contributed by atoms with van der Waals surface area (Å²) in [6, 6.07) is 9.86. The molecule has 3 rings (SSSR count). The summed E-state index contributed by atoms with van der Waals surface area (Å²) in [6.07, 6.45) is -1.14. The third kappa shape index (κ3) is 16.9. The molecule has 1 aliphatic heterocycles. The average molecular weight is 908 g/mol. The summed E-state index contributed by atoms with van der Waals surface area (Å²) in [7, 11) is 0. The van der Waals surface area contributed by atoms with Gasteiger partial charge in [0, 0.05) is 19.5 Å². The predicted octanol–water partition coefficient (Wildman–Crippen LogP) is -2.54. The monoisotopic (exact) mass is 908 g/mol. The van der Waals surface area contributed by atoms with Crippen molar-refractivity contribution in [1.82, 2.24) is 42.5 Å². The van der Waals surface area contributed by atoms with Crippen molar-refractivity contribution < 1.29 is 43.5 Å². The Morgan fingerprint density at radius 2 is 1.23 bits per heavy atom. The topological polar surface area (TPSA) is 331 Å². The molecule has 0 aromatic heterocycles. The van der Waals surface area contributed by atoms with Gasteiger partial charge in [-0.25, -0.2) is 0 Å². The average Bonchev–Trinajstić information content (AvgIpc) is 3.28. The van der Waals surface area contributed by atoms with Gasteiger partial charge in [-0.05, 0) is 82.6 Å². The van der Waals surface area contributed by atoms with Crippen molar-refractivity contribution in [2.24, 2.45) is 23.1 Å². The molecule has 2 aromatic carbocycles. The van der Waals surface area contributed by atoms with Gasteiger partial charge in [0.25, 0.3) is 0 Å². The van der Waals surface area contributed by atoms with Crippen LogP contribution in [0.2, 0.25) is 0 Å². The number of carbonyl (C=O) groups is 8. The van der Waals surface area contributed by atoms with Gasteiger partial charge < -0.3 is 69.6 Å². The van der Waals surface area contributed by atoms with E-state index >= 15 is 0 Å². The first-order valence-electron chi connectivity index (χ1n) is 22.2. The van der Waals surface area contributed by atoms with Gasteiger partial charge in [-0.3, -0.25) is 33.6 Å². The number of aliphatic hydroxyl groups excluding tert-OH is 1. The normalized spacial score (nSPS) is 25.7. The zero-order valence-corrected chi connectivity index (χ0v) is 37.8. The third-order valence-electron chi connectivity index (χ3n) is 11.0. The number of aldehydes is 1. The van der Waals surface area contributed by atoms with Crippen LogP contribution >= 0.6 is 0 Å². The van der Waals surface area contributed by atoms with Crippen molar-refractivity contribution in [3.8, 4) is 0 Å². The summed E-state index contributed by atoms with van der Waals surface area (Å²) in [5.74, 6) is -6.04. The van der Waals surface area contributed by atoms with Crippen LogP contribution in [0.5, 0.6) is 0 Å². The van der Waals surface area contributed by atoms with E-state index in [1.807, 2.05) is 13.8 Å². The minimum Gasteiger partial charge on any atom is -0.391 e. The molecule has 358 valence electrons. The Morgan fingerprint density at radius 3 is 1.75 bits per heavy atom. The highest BCUT2D eigenvalue weighted by Gasteiger charge is 2.38. The summed E-state index contributed by atoms with van der Waals surface area (Å²) in [5.41, 5.74) is 17.2. The molecule has 65 heavy (non-hydrogen) atoms. The highest BCUT2D eigenvalue weighted by molar-refractivity contribution is 5.96. The molecule has 1 saturated heterocycles. The van der Waals surface area contributed by atoms with Gasteiger partial charge in [0.05, 0.1) is 18.1 Å². The third-order valence-corrected chi connectivity index (χ3v) is 11.0. The maximum absolute atomic E-state index is 14.3. The Hall–Kier alpha value is -5.80. The zero-order valence-electron chi connectivity index (χ0n) is 37.8. The molecule has 20 nitrogen and oxygen atoms in total. The SMILES string of the molecule is CC(C)C[C@@H]1NC[C@@](C=O)(Cc2ccccc2)NC(=O)[C@H](CCN)NC(=O)[C@@H](NC(=O)[C@H](C)c2ccccc2)CCNC(=O)[C@H]([C@@H](C)O)NC(=O)[C@H](CCN)NC(=O)[C@H](CCN)NC1=O. The molecule has 0 aliphatic carbocycles. The van der Waals surface area contributed by atoms with E-state index in [0.717, 1.165) is 0 Å². The second kappa shape index (κ2) is 26.9. The van der Waals surface area contributed by atoms with Gasteiger partial charge >= 0.3 is 0 Å². The minimum atomic E-state index is -1.71. The summed E-state index contributed by atoms with van der Waals surface area (Å²) >= 11 is 0. The largest absolute Gasteiger partial charge is 0.391 e. The lowest BCUT2D eigenvalue weighted by Crippen LogP contribution is -2.64. The van der Waals surface area contributed by atoms with Crippen molar-refractivity contribution in [1.29, 1.82) is 0 Å². The van der Waals surface area contributed by atoms with E-state index < -0.39 is 95.2 Å². The molecule has 20 heteroatoms. The lowest BCUT2D eigenvalue weighted by atomic mass is 9.90. The van der Waals surface area contributed by atoms with Gasteiger partial charge in [-0.1, -0.05) is 74.5 Å². The Labute approximate surface area is 380 Å². The molecule has 15 N–H and O–H groups in total. The summed E-state index contributed by atoms with van der Waals surface area (Å²) in [5, 5.41) is 32.4. The number of carbonyl (C=O) groups excluding carboxylic acids is 8. The molecule has 7 amide bonds. The fourth-order valence-corrected chi connectivity index (χ4v) is 7.31. The number of aliphatic hydroxyl groups is 1.